The fourth-order valence-electron chi connectivity index (χ4n) is 3.88. The van der Waals surface area contributed by atoms with Gasteiger partial charge in [-0.1, -0.05) is 35.5 Å². The van der Waals surface area contributed by atoms with Gasteiger partial charge in [0.2, 0.25) is 11.7 Å². The Bertz CT molecular complexity index is 1040. The molecule has 0 saturated carbocycles. The Kier molecular flexibility index (Phi) is 5.84. The van der Waals surface area contributed by atoms with Crippen LogP contribution in [-0.2, 0) is 24.2 Å². The van der Waals surface area contributed by atoms with Crippen LogP contribution in [0.15, 0.2) is 47.0 Å². The third-order valence-corrected chi connectivity index (χ3v) is 5.58. The summed E-state index contributed by atoms with van der Waals surface area (Å²) in [5.41, 5.74) is 4.72. The molecule has 156 valence electrons. The average Bonchev–Trinajstić information content (AvgIpc) is 3.21. The summed E-state index contributed by atoms with van der Waals surface area (Å²) in [6.07, 6.45) is 4.06. The van der Waals surface area contributed by atoms with E-state index in [1.165, 1.54) is 24.0 Å². The standard InChI is InChI=1S/C24H27N3O3/c1-16-8-4-7-11-21(16)23-25-22(30-26-23)15-27(3)24(28)17(2)29-20-13-12-18-9-5-6-10-19(18)14-20/h4,7-8,11-14,17H,5-6,9-10,15H2,1-3H3/t17-/m0/s1. The molecule has 0 spiro atoms. The Morgan fingerprint density at radius 2 is 1.93 bits per heavy atom. The van der Waals surface area contributed by atoms with Gasteiger partial charge in [0.1, 0.15) is 5.75 Å². The molecule has 4 rings (SSSR count). The van der Waals surface area contributed by atoms with E-state index < -0.39 is 6.10 Å². The minimum absolute atomic E-state index is 0.136. The first-order valence-electron chi connectivity index (χ1n) is 10.4. The normalized spacial score (nSPS) is 14.1. The van der Waals surface area contributed by atoms with E-state index >= 15 is 0 Å². The van der Waals surface area contributed by atoms with Crippen LogP contribution in [0.4, 0.5) is 0 Å². The Morgan fingerprint density at radius 1 is 1.17 bits per heavy atom. The highest BCUT2D eigenvalue weighted by molar-refractivity contribution is 5.80. The van der Waals surface area contributed by atoms with Crippen molar-refractivity contribution in [2.75, 3.05) is 7.05 Å². The lowest BCUT2D eigenvalue weighted by Crippen LogP contribution is -2.37. The second-order valence-electron chi connectivity index (χ2n) is 7.92. The van der Waals surface area contributed by atoms with Crippen LogP contribution in [-0.4, -0.2) is 34.1 Å². The molecule has 2 aromatic carbocycles. The van der Waals surface area contributed by atoms with Gasteiger partial charge < -0.3 is 14.2 Å². The van der Waals surface area contributed by atoms with Crippen molar-refractivity contribution in [2.24, 2.45) is 0 Å². The van der Waals surface area contributed by atoms with Gasteiger partial charge in [0.15, 0.2) is 6.10 Å². The Hall–Kier alpha value is -3.15. The van der Waals surface area contributed by atoms with Gasteiger partial charge in [0.25, 0.3) is 5.91 Å². The van der Waals surface area contributed by atoms with Crippen molar-refractivity contribution in [1.82, 2.24) is 15.0 Å². The predicted molar refractivity (Wildman–Crippen MR) is 114 cm³/mol. The maximum atomic E-state index is 12.8. The van der Waals surface area contributed by atoms with Crippen LogP contribution in [0.3, 0.4) is 0 Å². The van der Waals surface area contributed by atoms with Crippen molar-refractivity contribution in [2.45, 2.75) is 52.2 Å². The summed E-state index contributed by atoms with van der Waals surface area (Å²) in [5.74, 6) is 1.53. The molecule has 1 atom stereocenters. The Balaban J connectivity index is 1.38. The van der Waals surface area contributed by atoms with E-state index in [0.717, 1.165) is 29.7 Å². The molecule has 0 radical (unpaired) electrons. The number of carbonyl (C=O) groups excluding carboxylic acids is 1. The molecule has 30 heavy (non-hydrogen) atoms. The number of fused-ring (bicyclic) bond motifs is 1. The van der Waals surface area contributed by atoms with Crippen molar-refractivity contribution < 1.29 is 14.1 Å². The number of benzene rings is 2. The highest BCUT2D eigenvalue weighted by Crippen LogP contribution is 2.26. The van der Waals surface area contributed by atoms with E-state index in [-0.39, 0.29) is 12.5 Å². The molecular weight excluding hydrogens is 378 g/mol. The van der Waals surface area contributed by atoms with Crippen LogP contribution in [0, 0.1) is 6.92 Å². The maximum absolute atomic E-state index is 12.8. The molecule has 1 aliphatic carbocycles. The summed E-state index contributed by atoms with van der Waals surface area (Å²) < 4.78 is 11.3. The minimum Gasteiger partial charge on any atom is -0.481 e. The van der Waals surface area contributed by atoms with Gasteiger partial charge in [0, 0.05) is 12.6 Å². The second-order valence-corrected chi connectivity index (χ2v) is 7.92. The number of ether oxygens (including phenoxy) is 1. The van der Waals surface area contributed by atoms with E-state index in [9.17, 15) is 4.79 Å². The fraction of sp³-hybridized carbons (Fsp3) is 0.375. The van der Waals surface area contributed by atoms with Gasteiger partial charge in [-0.15, -0.1) is 0 Å². The zero-order valence-corrected chi connectivity index (χ0v) is 17.7. The molecule has 1 heterocycles. The molecule has 0 saturated heterocycles. The van der Waals surface area contributed by atoms with Crippen molar-refractivity contribution in [3.63, 3.8) is 0 Å². The van der Waals surface area contributed by atoms with Crippen LogP contribution in [0.1, 0.15) is 42.3 Å². The molecule has 0 bridgehead atoms. The first kappa shape index (κ1) is 20.1. The first-order valence-corrected chi connectivity index (χ1v) is 10.4. The van der Waals surface area contributed by atoms with Crippen LogP contribution in [0.5, 0.6) is 5.75 Å². The van der Waals surface area contributed by atoms with E-state index in [0.29, 0.717) is 11.7 Å². The topological polar surface area (TPSA) is 68.5 Å². The monoisotopic (exact) mass is 405 g/mol. The largest absolute Gasteiger partial charge is 0.481 e. The summed E-state index contributed by atoms with van der Waals surface area (Å²) >= 11 is 0. The molecule has 0 unspecified atom stereocenters. The van der Waals surface area contributed by atoms with Gasteiger partial charge in [-0.05, 0) is 68.4 Å². The Labute approximate surface area is 176 Å². The lowest BCUT2D eigenvalue weighted by molar-refractivity contribution is -0.137. The fourth-order valence-corrected chi connectivity index (χ4v) is 3.88. The molecule has 1 aliphatic rings. The van der Waals surface area contributed by atoms with Crippen molar-refractivity contribution in [1.29, 1.82) is 0 Å². The third kappa shape index (κ3) is 4.37. The van der Waals surface area contributed by atoms with Gasteiger partial charge in [0.05, 0.1) is 6.54 Å². The minimum atomic E-state index is -0.601. The Morgan fingerprint density at radius 3 is 2.73 bits per heavy atom. The summed E-state index contributed by atoms with van der Waals surface area (Å²) in [6.45, 7) is 4.00. The molecule has 0 fully saturated rings. The summed E-state index contributed by atoms with van der Waals surface area (Å²) in [6, 6.07) is 14.0. The number of hydrogen-bond donors (Lipinski definition) is 0. The molecule has 1 amide bonds. The number of nitrogens with zero attached hydrogens (tertiary/aromatic N) is 3. The van der Waals surface area contributed by atoms with Crippen LogP contribution >= 0.6 is 0 Å². The average molecular weight is 405 g/mol. The van der Waals surface area contributed by atoms with Crippen molar-refractivity contribution in [3.05, 3.63) is 65.0 Å². The van der Waals surface area contributed by atoms with Crippen molar-refractivity contribution >= 4 is 5.91 Å². The first-order chi connectivity index (χ1) is 14.5. The lowest BCUT2D eigenvalue weighted by atomic mass is 9.92. The lowest BCUT2D eigenvalue weighted by Gasteiger charge is -2.22. The molecule has 6 heteroatoms. The van der Waals surface area contributed by atoms with Crippen LogP contribution in [0.2, 0.25) is 0 Å². The number of rotatable bonds is 6. The molecule has 6 nitrogen and oxygen atoms in total. The molecule has 3 aromatic rings. The number of aryl methyl sites for hydroxylation is 3. The number of amides is 1. The predicted octanol–water partition coefficient (Wildman–Crippen LogP) is 4.35. The van der Waals surface area contributed by atoms with E-state index in [1.807, 2.05) is 37.3 Å². The molecule has 0 aliphatic heterocycles. The van der Waals surface area contributed by atoms with Crippen LogP contribution < -0.4 is 4.74 Å². The van der Waals surface area contributed by atoms with E-state index in [4.69, 9.17) is 9.26 Å². The third-order valence-electron chi connectivity index (χ3n) is 5.58. The van der Waals surface area contributed by atoms with Gasteiger partial charge in [-0.25, -0.2) is 0 Å². The number of hydrogen-bond acceptors (Lipinski definition) is 5. The smallest absolute Gasteiger partial charge is 0.263 e. The van der Waals surface area contributed by atoms with Crippen molar-refractivity contribution in [3.8, 4) is 17.1 Å². The number of carbonyl (C=O) groups is 1. The number of likely N-dealkylation sites (N-methyl/N-ethyl adjacent to an activating group) is 1. The highest BCUT2D eigenvalue weighted by atomic mass is 16.5. The van der Waals surface area contributed by atoms with E-state index in [1.54, 1.807) is 18.9 Å². The van der Waals surface area contributed by atoms with Gasteiger partial charge >= 0.3 is 0 Å². The highest BCUT2D eigenvalue weighted by Gasteiger charge is 2.22. The van der Waals surface area contributed by atoms with Gasteiger partial charge in [-0.3, -0.25) is 4.79 Å². The zero-order valence-electron chi connectivity index (χ0n) is 17.7. The summed E-state index contributed by atoms with van der Waals surface area (Å²) in [4.78, 5) is 18.8. The summed E-state index contributed by atoms with van der Waals surface area (Å²) in [7, 11) is 1.71. The quantitative estimate of drug-likeness (QED) is 0.610. The maximum Gasteiger partial charge on any atom is 0.263 e. The van der Waals surface area contributed by atoms with E-state index in [2.05, 4.69) is 22.3 Å². The summed E-state index contributed by atoms with van der Waals surface area (Å²) in [5, 5.41) is 4.06. The number of aromatic nitrogens is 2. The van der Waals surface area contributed by atoms with Gasteiger partial charge in [-0.2, -0.15) is 4.98 Å². The SMILES string of the molecule is Cc1ccccc1-c1noc(CN(C)C(=O)[C@H](C)Oc2ccc3c(c2)CCCC3)n1. The zero-order chi connectivity index (χ0) is 21.1. The van der Waals surface area contributed by atoms with Crippen LogP contribution in [0.25, 0.3) is 11.4 Å². The molecule has 0 N–H and O–H groups in total. The molecular formula is C24H27N3O3. The second kappa shape index (κ2) is 8.69. The molecule has 1 aromatic heterocycles.